The van der Waals surface area contributed by atoms with Crippen LogP contribution in [0.4, 0.5) is 9.93 Å². The van der Waals surface area contributed by atoms with Crippen molar-refractivity contribution in [2.24, 2.45) is 0 Å². The maximum atomic E-state index is 11.9. The van der Waals surface area contributed by atoms with Gasteiger partial charge in [-0.25, -0.2) is 9.78 Å². The van der Waals surface area contributed by atoms with Crippen molar-refractivity contribution in [2.75, 3.05) is 11.9 Å². The predicted octanol–water partition coefficient (Wildman–Crippen LogP) is 3.39. The summed E-state index contributed by atoms with van der Waals surface area (Å²) >= 11 is 1.61. The van der Waals surface area contributed by atoms with Crippen molar-refractivity contribution < 1.29 is 4.79 Å². The summed E-state index contributed by atoms with van der Waals surface area (Å²) in [4.78, 5) is 17.7. The second kappa shape index (κ2) is 6.72. The van der Waals surface area contributed by atoms with E-state index < -0.39 is 0 Å². The molecule has 0 radical (unpaired) electrons. The van der Waals surface area contributed by atoms with Gasteiger partial charge in [-0.3, -0.25) is 5.32 Å². The molecule has 5 heteroatoms. The highest BCUT2D eigenvalue weighted by atomic mass is 32.1. The summed E-state index contributed by atoms with van der Waals surface area (Å²) in [6, 6.07) is 9.97. The molecule has 2 aromatic rings. The fourth-order valence-corrected chi connectivity index (χ4v) is 3.56. The fraction of sp³-hybridized carbons (Fsp3) is 0.375. The number of rotatable bonds is 4. The molecule has 0 fully saturated rings. The number of carbonyl (C=O) groups is 1. The number of hydrogen-bond acceptors (Lipinski definition) is 3. The van der Waals surface area contributed by atoms with Crippen molar-refractivity contribution in [1.82, 2.24) is 10.3 Å². The molecule has 1 heterocycles. The quantitative estimate of drug-likeness (QED) is 0.909. The van der Waals surface area contributed by atoms with E-state index in [-0.39, 0.29) is 6.03 Å². The van der Waals surface area contributed by atoms with Gasteiger partial charge in [0, 0.05) is 11.4 Å². The Hall–Kier alpha value is -1.88. The van der Waals surface area contributed by atoms with Crippen LogP contribution in [0.1, 0.15) is 29.0 Å². The van der Waals surface area contributed by atoms with E-state index in [1.165, 1.54) is 29.0 Å². The van der Waals surface area contributed by atoms with Gasteiger partial charge in [-0.1, -0.05) is 30.3 Å². The van der Waals surface area contributed by atoms with Crippen LogP contribution in [0, 0.1) is 0 Å². The Morgan fingerprint density at radius 2 is 2.00 bits per heavy atom. The van der Waals surface area contributed by atoms with Crippen molar-refractivity contribution in [3.8, 4) is 0 Å². The number of aromatic nitrogens is 1. The molecule has 4 nitrogen and oxygen atoms in total. The highest BCUT2D eigenvalue weighted by Crippen LogP contribution is 2.29. The van der Waals surface area contributed by atoms with Crippen LogP contribution in [0.15, 0.2) is 30.3 Å². The highest BCUT2D eigenvalue weighted by molar-refractivity contribution is 7.15. The van der Waals surface area contributed by atoms with Crippen molar-refractivity contribution in [3.05, 3.63) is 46.5 Å². The Labute approximate surface area is 128 Å². The number of aryl methyl sites for hydroxylation is 2. The zero-order valence-corrected chi connectivity index (χ0v) is 12.7. The van der Waals surface area contributed by atoms with Gasteiger partial charge in [-0.05, 0) is 37.7 Å². The lowest BCUT2D eigenvalue weighted by Crippen LogP contribution is -2.30. The van der Waals surface area contributed by atoms with Crippen LogP contribution in [0.3, 0.4) is 0 Å². The molecule has 1 aliphatic carbocycles. The number of fused-ring (bicyclic) bond motifs is 1. The van der Waals surface area contributed by atoms with Gasteiger partial charge >= 0.3 is 6.03 Å². The molecule has 0 aliphatic heterocycles. The molecule has 1 aliphatic rings. The molecule has 0 atom stereocenters. The molecule has 1 aromatic carbocycles. The van der Waals surface area contributed by atoms with E-state index in [4.69, 9.17) is 0 Å². The van der Waals surface area contributed by atoms with E-state index in [9.17, 15) is 4.79 Å². The van der Waals surface area contributed by atoms with Crippen LogP contribution in [0.2, 0.25) is 0 Å². The number of nitrogens with one attached hydrogen (secondary N) is 2. The first-order chi connectivity index (χ1) is 10.3. The molecule has 3 rings (SSSR count). The Kier molecular flexibility index (Phi) is 4.50. The second-order valence-electron chi connectivity index (χ2n) is 5.21. The summed E-state index contributed by atoms with van der Waals surface area (Å²) in [6.07, 6.45) is 5.42. The molecule has 0 bridgehead atoms. The zero-order chi connectivity index (χ0) is 14.5. The number of anilines is 1. The number of urea groups is 1. The first-order valence-corrected chi connectivity index (χ1v) is 8.20. The maximum absolute atomic E-state index is 11.9. The summed E-state index contributed by atoms with van der Waals surface area (Å²) in [6.45, 7) is 0.626. The minimum absolute atomic E-state index is 0.169. The first kappa shape index (κ1) is 14.1. The first-order valence-electron chi connectivity index (χ1n) is 7.38. The lowest BCUT2D eigenvalue weighted by Gasteiger charge is -2.06. The second-order valence-corrected chi connectivity index (χ2v) is 6.30. The summed E-state index contributed by atoms with van der Waals surface area (Å²) in [5, 5.41) is 6.44. The monoisotopic (exact) mass is 301 g/mol. The number of thiazole rings is 1. The van der Waals surface area contributed by atoms with E-state index >= 15 is 0 Å². The van der Waals surface area contributed by atoms with E-state index in [0.717, 1.165) is 24.4 Å². The highest BCUT2D eigenvalue weighted by Gasteiger charge is 2.16. The fourth-order valence-electron chi connectivity index (χ4n) is 2.51. The van der Waals surface area contributed by atoms with Crippen LogP contribution in [-0.2, 0) is 19.3 Å². The normalized spacial score (nSPS) is 13.5. The Balaban J connectivity index is 1.47. The summed E-state index contributed by atoms with van der Waals surface area (Å²) in [7, 11) is 0. The molecule has 0 unspecified atom stereocenters. The van der Waals surface area contributed by atoms with E-state index in [1.54, 1.807) is 11.3 Å². The van der Waals surface area contributed by atoms with Gasteiger partial charge in [0.15, 0.2) is 5.13 Å². The van der Waals surface area contributed by atoms with Gasteiger partial charge in [-0.15, -0.1) is 11.3 Å². The van der Waals surface area contributed by atoms with Crippen molar-refractivity contribution in [2.45, 2.75) is 32.1 Å². The van der Waals surface area contributed by atoms with Crippen LogP contribution < -0.4 is 10.6 Å². The average molecular weight is 301 g/mol. The maximum Gasteiger partial charge on any atom is 0.321 e. The number of carbonyl (C=O) groups excluding carboxylic acids is 1. The molecule has 0 saturated heterocycles. The van der Waals surface area contributed by atoms with Gasteiger partial charge in [0.25, 0.3) is 0 Å². The van der Waals surface area contributed by atoms with E-state index in [0.29, 0.717) is 6.54 Å². The number of nitrogens with zero attached hydrogens (tertiary/aromatic N) is 1. The third-order valence-electron chi connectivity index (χ3n) is 3.61. The molecular formula is C16H19N3OS. The lowest BCUT2D eigenvalue weighted by atomic mass is 10.0. The summed E-state index contributed by atoms with van der Waals surface area (Å²) in [5.41, 5.74) is 2.40. The van der Waals surface area contributed by atoms with Gasteiger partial charge in [0.2, 0.25) is 0 Å². The Morgan fingerprint density at radius 3 is 2.81 bits per heavy atom. The Morgan fingerprint density at radius 1 is 1.19 bits per heavy atom. The minimum atomic E-state index is -0.169. The number of hydrogen-bond donors (Lipinski definition) is 2. The SMILES string of the molecule is O=C(NCCc1ccccc1)Nc1nc2c(s1)CCCC2. The van der Waals surface area contributed by atoms with Crippen molar-refractivity contribution >= 4 is 22.5 Å². The molecule has 110 valence electrons. The minimum Gasteiger partial charge on any atom is -0.337 e. The van der Waals surface area contributed by atoms with E-state index in [2.05, 4.69) is 27.8 Å². The zero-order valence-electron chi connectivity index (χ0n) is 11.9. The molecule has 0 spiro atoms. The third-order valence-corrected chi connectivity index (χ3v) is 4.68. The number of benzene rings is 1. The van der Waals surface area contributed by atoms with E-state index in [1.807, 2.05) is 18.2 Å². The van der Waals surface area contributed by atoms with Crippen LogP contribution in [0.5, 0.6) is 0 Å². The van der Waals surface area contributed by atoms with Crippen LogP contribution in [0.25, 0.3) is 0 Å². The van der Waals surface area contributed by atoms with Crippen molar-refractivity contribution in [1.29, 1.82) is 0 Å². The molecule has 0 saturated carbocycles. The number of amides is 2. The standard InChI is InChI=1S/C16H19N3OS/c20-15(17-11-10-12-6-2-1-3-7-12)19-16-18-13-8-4-5-9-14(13)21-16/h1-3,6-7H,4-5,8-11H2,(H2,17,18,19,20). The molecule has 1 aromatic heterocycles. The lowest BCUT2D eigenvalue weighted by molar-refractivity contribution is 0.252. The topological polar surface area (TPSA) is 54.0 Å². The summed E-state index contributed by atoms with van der Waals surface area (Å²) in [5.74, 6) is 0. The van der Waals surface area contributed by atoms with Crippen LogP contribution >= 0.6 is 11.3 Å². The predicted molar refractivity (Wildman–Crippen MR) is 85.9 cm³/mol. The molecule has 21 heavy (non-hydrogen) atoms. The molecule has 2 N–H and O–H groups in total. The Bertz CT molecular complexity index is 586. The summed E-state index contributed by atoms with van der Waals surface area (Å²) < 4.78 is 0. The van der Waals surface area contributed by atoms with Gasteiger partial charge < -0.3 is 5.32 Å². The van der Waals surface area contributed by atoms with Crippen LogP contribution in [-0.4, -0.2) is 17.6 Å². The smallest absolute Gasteiger partial charge is 0.321 e. The molecule has 2 amide bonds. The third kappa shape index (κ3) is 3.82. The van der Waals surface area contributed by atoms with Gasteiger partial charge in [0.1, 0.15) is 0 Å². The molecular weight excluding hydrogens is 282 g/mol. The van der Waals surface area contributed by atoms with Crippen molar-refractivity contribution in [3.63, 3.8) is 0 Å². The van der Waals surface area contributed by atoms with Gasteiger partial charge in [0.05, 0.1) is 5.69 Å². The largest absolute Gasteiger partial charge is 0.337 e. The average Bonchev–Trinajstić information content (AvgIpc) is 2.90. The van der Waals surface area contributed by atoms with Gasteiger partial charge in [-0.2, -0.15) is 0 Å².